The first-order valence-corrected chi connectivity index (χ1v) is 11.9. The van der Waals surface area contributed by atoms with E-state index in [0.717, 1.165) is 48.8 Å². The SMILES string of the molecule is COc1ccc(-c2cc(C(=O)NCCCN3CCCC(C(N)=O)C3)c3ccccc3n2)cc1OC. The standard InChI is InChI=1S/C27H32N4O4/c1-34-24-11-10-18(15-25(24)35-2)23-16-21(20-8-3-4-9-22(20)30-23)27(33)29-12-6-14-31-13-5-7-19(17-31)26(28)32/h3-4,8-11,15-16,19H,5-7,12-14,17H2,1-2H3,(H2,28,32)(H,29,33). The average Bonchev–Trinajstić information content (AvgIpc) is 2.90. The molecule has 35 heavy (non-hydrogen) atoms. The highest BCUT2D eigenvalue weighted by Crippen LogP contribution is 2.33. The van der Waals surface area contributed by atoms with E-state index >= 15 is 0 Å². The molecule has 3 aromatic rings. The molecule has 8 heteroatoms. The Hall–Kier alpha value is -3.65. The topological polar surface area (TPSA) is 107 Å². The summed E-state index contributed by atoms with van der Waals surface area (Å²) >= 11 is 0. The quantitative estimate of drug-likeness (QED) is 0.459. The molecule has 0 saturated carbocycles. The molecule has 1 unspecified atom stereocenters. The highest BCUT2D eigenvalue weighted by atomic mass is 16.5. The van der Waals surface area contributed by atoms with E-state index in [1.807, 2.05) is 48.5 Å². The Labute approximate surface area is 205 Å². The monoisotopic (exact) mass is 476 g/mol. The molecule has 1 fully saturated rings. The van der Waals surface area contributed by atoms with Gasteiger partial charge in [-0.15, -0.1) is 0 Å². The van der Waals surface area contributed by atoms with Gasteiger partial charge in [-0.05, 0) is 62.7 Å². The summed E-state index contributed by atoms with van der Waals surface area (Å²) in [4.78, 5) is 31.7. The average molecular weight is 477 g/mol. The van der Waals surface area contributed by atoms with Crippen LogP contribution in [0, 0.1) is 5.92 Å². The minimum Gasteiger partial charge on any atom is -0.493 e. The van der Waals surface area contributed by atoms with Gasteiger partial charge in [-0.1, -0.05) is 18.2 Å². The van der Waals surface area contributed by atoms with Gasteiger partial charge >= 0.3 is 0 Å². The van der Waals surface area contributed by atoms with E-state index in [2.05, 4.69) is 10.2 Å². The van der Waals surface area contributed by atoms with Gasteiger partial charge < -0.3 is 25.4 Å². The number of primary amides is 1. The number of carbonyl (C=O) groups excluding carboxylic acids is 2. The number of aromatic nitrogens is 1. The molecular weight excluding hydrogens is 444 g/mol. The van der Waals surface area contributed by atoms with Gasteiger partial charge in [-0.25, -0.2) is 4.98 Å². The number of rotatable bonds is 9. The van der Waals surface area contributed by atoms with E-state index < -0.39 is 0 Å². The van der Waals surface area contributed by atoms with Crippen molar-refractivity contribution < 1.29 is 19.1 Å². The van der Waals surface area contributed by atoms with E-state index in [-0.39, 0.29) is 17.7 Å². The number of likely N-dealkylation sites (tertiary alicyclic amines) is 1. The number of piperidine rings is 1. The predicted molar refractivity (Wildman–Crippen MR) is 136 cm³/mol. The first-order valence-electron chi connectivity index (χ1n) is 11.9. The zero-order valence-corrected chi connectivity index (χ0v) is 20.3. The Morgan fingerprint density at radius 3 is 2.69 bits per heavy atom. The molecule has 2 heterocycles. The third-order valence-electron chi connectivity index (χ3n) is 6.48. The van der Waals surface area contributed by atoms with Gasteiger partial charge in [0.15, 0.2) is 11.5 Å². The number of nitrogens with zero attached hydrogens (tertiary/aromatic N) is 2. The summed E-state index contributed by atoms with van der Waals surface area (Å²) in [6.45, 7) is 3.02. The maximum atomic E-state index is 13.2. The lowest BCUT2D eigenvalue weighted by Gasteiger charge is -2.31. The van der Waals surface area contributed by atoms with Gasteiger partial charge in [0.1, 0.15) is 0 Å². The van der Waals surface area contributed by atoms with Crippen molar-refractivity contribution in [1.29, 1.82) is 0 Å². The van der Waals surface area contributed by atoms with Crippen LogP contribution in [0.15, 0.2) is 48.5 Å². The maximum absolute atomic E-state index is 13.2. The van der Waals surface area contributed by atoms with Gasteiger partial charge in [-0.3, -0.25) is 9.59 Å². The van der Waals surface area contributed by atoms with Crippen molar-refractivity contribution in [1.82, 2.24) is 15.2 Å². The van der Waals surface area contributed by atoms with Crippen molar-refractivity contribution in [3.8, 4) is 22.8 Å². The minimum absolute atomic E-state index is 0.0727. The van der Waals surface area contributed by atoms with E-state index in [1.54, 1.807) is 14.2 Å². The summed E-state index contributed by atoms with van der Waals surface area (Å²) in [7, 11) is 3.18. The number of nitrogens with two attached hydrogens (primary N) is 1. The summed E-state index contributed by atoms with van der Waals surface area (Å²) in [6.07, 6.45) is 2.63. The fourth-order valence-electron chi connectivity index (χ4n) is 4.60. The molecule has 2 amide bonds. The molecule has 1 saturated heterocycles. The lowest BCUT2D eigenvalue weighted by Crippen LogP contribution is -2.42. The highest BCUT2D eigenvalue weighted by Gasteiger charge is 2.23. The molecule has 1 aliphatic heterocycles. The molecule has 0 aliphatic carbocycles. The summed E-state index contributed by atoms with van der Waals surface area (Å²) < 4.78 is 10.8. The molecule has 0 spiro atoms. The van der Waals surface area contributed by atoms with Crippen molar-refractivity contribution in [3.63, 3.8) is 0 Å². The van der Waals surface area contributed by atoms with Crippen LogP contribution in [-0.2, 0) is 4.79 Å². The van der Waals surface area contributed by atoms with Gasteiger partial charge in [0.05, 0.1) is 36.9 Å². The van der Waals surface area contributed by atoms with Crippen LogP contribution in [0.1, 0.15) is 29.6 Å². The lowest BCUT2D eigenvalue weighted by atomic mass is 9.97. The van der Waals surface area contributed by atoms with Gasteiger partial charge in [0.25, 0.3) is 5.91 Å². The van der Waals surface area contributed by atoms with Crippen molar-refractivity contribution in [2.75, 3.05) is 40.4 Å². The van der Waals surface area contributed by atoms with Crippen LogP contribution in [0.25, 0.3) is 22.2 Å². The second-order valence-electron chi connectivity index (χ2n) is 8.79. The summed E-state index contributed by atoms with van der Waals surface area (Å²) in [5, 5.41) is 3.85. The lowest BCUT2D eigenvalue weighted by molar-refractivity contribution is -0.123. The molecule has 2 aromatic carbocycles. The summed E-state index contributed by atoms with van der Waals surface area (Å²) in [6, 6.07) is 15.0. The molecule has 1 aromatic heterocycles. The van der Waals surface area contributed by atoms with E-state index in [4.69, 9.17) is 20.2 Å². The van der Waals surface area contributed by atoms with Crippen molar-refractivity contribution in [2.24, 2.45) is 11.7 Å². The summed E-state index contributed by atoms with van der Waals surface area (Å²) in [5.74, 6) is 0.793. The van der Waals surface area contributed by atoms with Gasteiger partial charge in [0, 0.05) is 24.0 Å². The fourth-order valence-corrected chi connectivity index (χ4v) is 4.60. The zero-order chi connectivity index (χ0) is 24.8. The number of methoxy groups -OCH3 is 2. The van der Waals surface area contributed by atoms with E-state index in [1.165, 1.54) is 0 Å². The minimum atomic E-state index is -0.224. The molecule has 0 bridgehead atoms. The Balaban J connectivity index is 1.48. The molecule has 8 nitrogen and oxygen atoms in total. The fraction of sp³-hybridized carbons (Fsp3) is 0.370. The molecule has 1 aliphatic rings. The number of fused-ring (bicyclic) bond motifs is 1. The number of carbonyl (C=O) groups is 2. The van der Waals surface area contributed by atoms with Crippen LogP contribution in [0.5, 0.6) is 11.5 Å². The Bertz CT molecular complexity index is 1210. The number of amides is 2. The number of para-hydroxylation sites is 1. The number of nitrogens with one attached hydrogen (secondary N) is 1. The molecular formula is C27H32N4O4. The second kappa shape index (κ2) is 11.2. The van der Waals surface area contributed by atoms with Crippen molar-refractivity contribution >= 4 is 22.7 Å². The number of ether oxygens (including phenoxy) is 2. The van der Waals surface area contributed by atoms with Crippen LogP contribution < -0.4 is 20.5 Å². The number of benzene rings is 2. The molecule has 184 valence electrons. The third kappa shape index (κ3) is 5.71. The van der Waals surface area contributed by atoms with Gasteiger partial charge in [-0.2, -0.15) is 0 Å². The van der Waals surface area contributed by atoms with Crippen molar-refractivity contribution in [3.05, 3.63) is 54.1 Å². The zero-order valence-electron chi connectivity index (χ0n) is 20.3. The second-order valence-corrected chi connectivity index (χ2v) is 8.79. The smallest absolute Gasteiger partial charge is 0.252 e. The van der Waals surface area contributed by atoms with Crippen LogP contribution in [-0.4, -0.2) is 62.1 Å². The number of pyridine rings is 1. The Morgan fingerprint density at radius 1 is 1.11 bits per heavy atom. The van der Waals surface area contributed by atoms with Gasteiger partial charge in [0.2, 0.25) is 5.91 Å². The predicted octanol–water partition coefficient (Wildman–Crippen LogP) is 3.24. The first kappa shape index (κ1) is 24.5. The highest BCUT2D eigenvalue weighted by molar-refractivity contribution is 6.07. The Morgan fingerprint density at radius 2 is 1.91 bits per heavy atom. The third-order valence-corrected chi connectivity index (χ3v) is 6.48. The molecule has 0 radical (unpaired) electrons. The Kier molecular flexibility index (Phi) is 7.82. The summed E-state index contributed by atoms with van der Waals surface area (Å²) in [5.41, 5.74) is 8.31. The molecule has 1 atom stereocenters. The number of hydrogen-bond donors (Lipinski definition) is 2. The van der Waals surface area contributed by atoms with E-state index in [9.17, 15) is 9.59 Å². The number of hydrogen-bond acceptors (Lipinski definition) is 6. The van der Waals surface area contributed by atoms with Crippen LogP contribution in [0.4, 0.5) is 0 Å². The normalized spacial score (nSPS) is 16.1. The van der Waals surface area contributed by atoms with Crippen LogP contribution in [0.2, 0.25) is 0 Å². The molecule has 3 N–H and O–H groups in total. The van der Waals surface area contributed by atoms with Crippen molar-refractivity contribution in [2.45, 2.75) is 19.3 Å². The van der Waals surface area contributed by atoms with Crippen LogP contribution >= 0.6 is 0 Å². The maximum Gasteiger partial charge on any atom is 0.252 e. The molecule has 4 rings (SSSR count). The van der Waals surface area contributed by atoms with E-state index in [0.29, 0.717) is 35.8 Å². The first-order chi connectivity index (χ1) is 17.0. The van der Waals surface area contributed by atoms with Crippen LogP contribution in [0.3, 0.4) is 0 Å². The largest absolute Gasteiger partial charge is 0.493 e.